The van der Waals surface area contributed by atoms with Gasteiger partial charge in [0.15, 0.2) is 0 Å². The van der Waals surface area contributed by atoms with Crippen molar-refractivity contribution >= 4 is 27.5 Å². The quantitative estimate of drug-likeness (QED) is 0.145. The van der Waals surface area contributed by atoms with E-state index in [-0.39, 0.29) is 17.3 Å². The summed E-state index contributed by atoms with van der Waals surface area (Å²) in [5.74, 6) is 0.864. The Morgan fingerprint density at radius 1 is 0.796 bits per heavy atom. The van der Waals surface area contributed by atoms with Crippen LogP contribution in [0.5, 0.6) is 5.75 Å². The third kappa shape index (κ3) is 6.61. The van der Waals surface area contributed by atoms with Crippen molar-refractivity contribution in [3.63, 3.8) is 0 Å². The van der Waals surface area contributed by atoms with Crippen LogP contribution in [-0.2, 0) is 11.8 Å². The zero-order chi connectivity index (χ0) is 34.0. The Hall–Kier alpha value is -5.94. The zero-order valence-corrected chi connectivity index (χ0v) is 28.2. The van der Waals surface area contributed by atoms with E-state index < -0.39 is 0 Å². The van der Waals surface area contributed by atoms with Gasteiger partial charge in [0.05, 0.1) is 16.9 Å². The molecule has 0 radical (unpaired) electrons. The average Bonchev–Trinajstić information content (AvgIpc) is 3.45. The molecule has 5 heteroatoms. The summed E-state index contributed by atoms with van der Waals surface area (Å²) in [5, 5.41) is 16.5. The Balaban J connectivity index is 1.07. The van der Waals surface area contributed by atoms with Gasteiger partial charge in [0, 0.05) is 33.9 Å². The van der Waals surface area contributed by atoms with E-state index >= 15 is 0 Å². The van der Waals surface area contributed by atoms with Gasteiger partial charge in [-0.3, -0.25) is 0 Å². The maximum Gasteiger partial charge on any atom is 0.124 e. The van der Waals surface area contributed by atoms with Gasteiger partial charge in [-0.05, 0) is 89.2 Å². The minimum atomic E-state index is -0.140. The van der Waals surface area contributed by atoms with Crippen LogP contribution in [0.2, 0.25) is 0 Å². The number of nitrogens with zero attached hydrogens (tertiary/aromatic N) is 2. The molecule has 0 fully saturated rings. The topological polar surface area (TPSA) is 66.5 Å². The highest BCUT2D eigenvalue weighted by molar-refractivity contribution is 6.09. The van der Waals surface area contributed by atoms with Crippen LogP contribution in [0.1, 0.15) is 31.9 Å². The lowest BCUT2D eigenvalue weighted by Gasteiger charge is -2.31. The number of fused-ring (bicyclic) bond motifs is 3. The fraction of sp³-hybridized carbons (Fsp3) is 0.136. The van der Waals surface area contributed by atoms with E-state index in [4.69, 9.17) is 5.73 Å². The summed E-state index contributed by atoms with van der Waals surface area (Å²) in [6.07, 6.45) is 14.9. The maximum atomic E-state index is 10.5. The lowest BCUT2D eigenvalue weighted by atomic mass is 9.83. The smallest absolute Gasteiger partial charge is 0.124 e. The number of nitrogens with two attached hydrogens (primary N) is 1. The first-order valence-corrected chi connectivity index (χ1v) is 16.8. The molecule has 244 valence electrons. The Morgan fingerprint density at radius 2 is 1.45 bits per heavy atom. The van der Waals surface area contributed by atoms with Crippen LogP contribution < -0.4 is 16.0 Å². The van der Waals surface area contributed by atoms with Crippen molar-refractivity contribution in [3.05, 3.63) is 175 Å². The van der Waals surface area contributed by atoms with Crippen LogP contribution in [0.3, 0.4) is 0 Å². The van der Waals surface area contributed by atoms with E-state index in [1.807, 2.05) is 42.5 Å². The van der Waals surface area contributed by atoms with E-state index in [1.165, 1.54) is 32.9 Å². The molecule has 0 aliphatic carbocycles. The highest BCUT2D eigenvalue weighted by Crippen LogP contribution is 2.35. The second kappa shape index (κ2) is 13.3. The highest BCUT2D eigenvalue weighted by atomic mass is 16.3. The van der Waals surface area contributed by atoms with Gasteiger partial charge in [-0.15, -0.1) is 0 Å². The summed E-state index contributed by atoms with van der Waals surface area (Å²) in [6.45, 7) is 6.64. The predicted octanol–water partition coefficient (Wildman–Crippen LogP) is 9.86. The first kappa shape index (κ1) is 31.6. The fourth-order valence-corrected chi connectivity index (χ4v) is 6.55. The number of hydrogen-bond donors (Lipinski definition) is 3. The lowest BCUT2D eigenvalue weighted by Crippen LogP contribution is -2.43. The Bertz CT molecular complexity index is 2190. The van der Waals surface area contributed by atoms with Gasteiger partial charge < -0.3 is 25.6 Å². The van der Waals surface area contributed by atoms with Crippen LogP contribution >= 0.6 is 0 Å². The number of allylic oxidation sites excluding steroid dienone is 5. The number of aromatic hydroxyl groups is 1. The first-order valence-electron chi connectivity index (χ1n) is 16.8. The van der Waals surface area contributed by atoms with E-state index in [0.29, 0.717) is 5.82 Å². The number of para-hydroxylation sites is 3. The lowest BCUT2D eigenvalue weighted by molar-refractivity contribution is 0.477. The fourth-order valence-electron chi connectivity index (χ4n) is 6.55. The van der Waals surface area contributed by atoms with Crippen LogP contribution in [0.25, 0.3) is 38.6 Å². The molecule has 5 aromatic carbocycles. The molecule has 0 bridgehead atoms. The van der Waals surface area contributed by atoms with Crippen molar-refractivity contribution in [2.45, 2.75) is 38.8 Å². The molecular formula is C44H42N4O. The van der Waals surface area contributed by atoms with Crippen LogP contribution in [0.4, 0.5) is 5.69 Å². The second-order valence-electron chi connectivity index (χ2n) is 13.5. The van der Waals surface area contributed by atoms with E-state index in [0.717, 1.165) is 28.9 Å². The number of benzene rings is 5. The number of anilines is 1. The molecule has 1 aromatic heterocycles. The first-order chi connectivity index (χ1) is 23.8. The Kier molecular flexibility index (Phi) is 8.58. The van der Waals surface area contributed by atoms with Crippen molar-refractivity contribution in [3.8, 4) is 22.6 Å². The Labute approximate surface area is 288 Å². The van der Waals surface area contributed by atoms with Gasteiger partial charge in [0.25, 0.3) is 0 Å². The van der Waals surface area contributed by atoms with Crippen molar-refractivity contribution in [2.75, 3.05) is 4.90 Å². The summed E-state index contributed by atoms with van der Waals surface area (Å²) < 4.78 is 2.33. The molecule has 1 unspecified atom stereocenters. The molecule has 0 saturated heterocycles. The number of phenolic OH excluding ortho intramolecular Hbond substituents is 1. The largest absolute Gasteiger partial charge is 0.507 e. The van der Waals surface area contributed by atoms with Crippen LogP contribution in [0.15, 0.2) is 164 Å². The molecule has 0 spiro atoms. The second-order valence-corrected chi connectivity index (χ2v) is 13.5. The number of nitrogens with one attached hydrogen (secondary N) is 1. The normalized spacial score (nSPS) is 15.1. The molecule has 49 heavy (non-hydrogen) atoms. The summed E-state index contributed by atoms with van der Waals surface area (Å²) in [7, 11) is 0. The third-order valence-corrected chi connectivity index (χ3v) is 9.09. The van der Waals surface area contributed by atoms with Crippen molar-refractivity contribution in [1.29, 1.82) is 0 Å². The molecular weight excluding hydrogens is 601 g/mol. The number of hydrogen-bond acceptors (Lipinski definition) is 4. The molecule has 0 amide bonds. The molecule has 0 saturated carbocycles. The van der Waals surface area contributed by atoms with Gasteiger partial charge in [-0.1, -0.05) is 112 Å². The zero-order valence-electron chi connectivity index (χ0n) is 28.2. The van der Waals surface area contributed by atoms with E-state index in [1.54, 1.807) is 6.07 Å². The average molecular weight is 643 g/mol. The monoisotopic (exact) mass is 642 g/mol. The summed E-state index contributed by atoms with van der Waals surface area (Å²) in [5.41, 5.74) is 15.3. The molecule has 7 rings (SSSR count). The number of aromatic nitrogens is 1. The van der Waals surface area contributed by atoms with Crippen LogP contribution in [0, 0.1) is 0 Å². The number of phenols is 1. The van der Waals surface area contributed by atoms with E-state index in [9.17, 15) is 5.11 Å². The SMILES string of the molecule is CC(C)(C)c1cc(C/C=C\C=C(/N)NC2C=CC=CN2c2ccc(-n3c4ccccc4c4ccccc43)cc2)cc(-c2ccccc2O)c1. The summed E-state index contributed by atoms with van der Waals surface area (Å²) in [4.78, 5) is 2.18. The van der Waals surface area contributed by atoms with Crippen molar-refractivity contribution < 1.29 is 5.11 Å². The summed E-state index contributed by atoms with van der Waals surface area (Å²) >= 11 is 0. The van der Waals surface area contributed by atoms with Crippen molar-refractivity contribution in [2.24, 2.45) is 5.73 Å². The van der Waals surface area contributed by atoms with Crippen molar-refractivity contribution in [1.82, 2.24) is 9.88 Å². The minimum absolute atomic E-state index is 0.0215. The molecule has 4 N–H and O–H groups in total. The number of rotatable bonds is 8. The van der Waals surface area contributed by atoms with Gasteiger partial charge in [0.1, 0.15) is 11.9 Å². The summed E-state index contributed by atoms with van der Waals surface area (Å²) in [6, 6.07) is 39.9. The Morgan fingerprint density at radius 3 is 2.14 bits per heavy atom. The molecule has 5 nitrogen and oxygen atoms in total. The predicted molar refractivity (Wildman–Crippen MR) is 206 cm³/mol. The third-order valence-electron chi connectivity index (χ3n) is 9.09. The molecule has 1 aliphatic rings. The van der Waals surface area contributed by atoms with Gasteiger partial charge in [0.2, 0.25) is 0 Å². The standard InChI is InChI=1S/C44H42N4O/c1-44(2,3)33-29-31(28-32(30-33)36-15-7-10-20-41(36)49)14-4-11-21-42(45)46-43-22-12-13-27-47(43)34-23-25-35(26-24-34)48-39-18-8-5-16-37(39)38-17-6-9-19-40(38)48/h4-13,15-30,43,46,49H,14,45H2,1-3H3/b11-4-,42-21+. The minimum Gasteiger partial charge on any atom is -0.507 e. The molecule has 6 aromatic rings. The highest BCUT2D eigenvalue weighted by Gasteiger charge is 2.18. The molecule has 1 atom stereocenters. The van der Waals surface area contributed by atoms with Gasteiger partial charge >= 0.3 is 0 Å². The van der Waals surface area contributed by atoms with Crippen LogP contribution in [-0.4, -0.2) is 15.8 Å². The molecule has 1 aliphatic heterocycles. The van der Waals surface area contributed by atoms with Gasteiger partial charge in [-0.25, -0.2) is 0 Å². The van der Waals surface area contributed by atoms with E-state index in [2.05, 4.69) is 145 Å². The maximum absolute atomic E-state index is 10.5. The molecule has 2 heterocycles. The van der Waals surface area contributed by atoms with Gasteiger partial charge in [-0.2, -0.15) is 0 Å².